The fourth-order valence-electron chi connectivity index (χ4n) is 2.78. The number of carbonyl (C=O) groups is 1. The summed E-state index contributed by atoms with van der Waals surface area (Å²) in [5.74, 6) is -0.594. The van der Waals surface area contributed by atoms with Gasteiger partial charge in [-0.25, -0.2) is 17.5 Å². The quantitative estimate of drug-likeness (QED) is 0.281. The van der Waals surface area contributed by atoms with Crippen molar-refractivity contribution < 1.29 is 32.2 Å². The average Bonchev–Trinajstić information content (AvgIpc) is 2.70. The zero-order valence-electron chi connectivity index (χ0n) is 17.6. The van der Waals surface area contributed by atoms with Crippen LogP contribution in [0, 0.1) is 5.82 Å². The van der Waals surface area contributed by atoms with Crippen molar-refractivity contribution in [2.75, 3.05) is 25.5 Å². The van der Waals surface area contributed by atoms with Crippen LogP contribution in [0.3, 0.4) is 0 Å². The Labute approximate surface area is 179 Å². The zero-order chi connectivity index (χ0) is 22.2. The monoisotopic (exact) mass is 447 g/mol. The van der Waals surface area contributed by atoms with Gasteiger partial charge in [0.15, 0.2) is 11.6 Å². The molecule has 0 saturated heterocycles. The minimum Gasteiger partial charge on any atom is -0.488 e. The highest BCUT2D eigenvalue weighted by Gasteiger charge is 2.11. The molecule has 172 valence electrons. The highest BCUT2D eigenvalue weighted by molar-refractivity contribution is 7.89. The standard InChI is InChI=1S/C21H34FNO6S/c1-2-28-21(25)14-5-3-4-9-15-23-30(26,27)16-10-8-11-18(24)17-29-20-13-7-6-12-19(20)22/h6-7,12-13,18,23-24H,2-5,8-11,14-17H2,1H3. The molecular formula is C21H34FNO6S. The number of ether oxygens (including phenoxy) is 2. The second kappa shape index (κ2) is 15.1. The van der Waals surface area contributed by atoms with Crippen molar-refractivity contribution in [3.63, 3.8) is 0 Å². The maximum Gasteiger partial charge on any atom is 0.305 e. The van der Waals surface area contributed by atoms with Gasteiger partial charge in [0.2, 0.25) is 10.0 Å². The first-order valence-electron chi connectivity index (χ1n) is 10.5. The van der Waals surface area contributed by atoms with E-state index in [1.54, 1.807) is 19.1 Å². The number of aliphatic hydroxyl groups excluding tert-OH is 1. The van der Waals surface area contributed by atoms with Crippen molar-refractivity contribution in [3.05, 3.63) is 30.1 Å². The molecule has 2 N–H and O–H groups in total. The largest absolute Gasteiger partial charge is 0.488 e. The lowest BCUT2D eigenvalue weighted by Crippen LogP contribution is -2.27. The molecule has 0 bridgehead atoms. The van der Waals surface area contributed by atoms with Gasteiger partial charge in [0.25, 0.3) is 0 Å². The number of para-hydroxylation sites is 1. The van der Waals surface area contributed by atoms with Crippen LogP contribution in [0.2, 0.25) is 0 Å². The third-order valence-corrected chi connectivity index (χ3v) is 5.87. The summed E-state index contributed by atoms with van der Waals surface area (Å²) in [7, 11) is -3.34. The number of nitrogens with one attached hydrogen (secondary N) is 1. The van der Waals surface area contributed by atoms with Crippen molar-refractivity contribution in [1.29, 1.82) is 0 Å². The Morgan fingerprint density at radius 3 is 2.60 bits per heavy atom. The van der Waals surface area contributed by atoms with E-state index in [9.17, 15) is 22.7 Å². The van der Waals surface area contributed by atoms with E-state index in [-0.39, 0.29) is 24.1 Å². The fraction of sp³-hybridized carbons (Fsp3) is 0.667. The van der Waals surface area contributed by atoms with E-state index >= 15 is 0 Å². The number of carbonyl (C=O) groups excluding carboxylic acids is 1. The van der Waals surface area contributed by atoms with Gasteiger partial charge in [-0.2, -0.15) is 0 Å². The molecule has 0 saturated carbocycles. The lowest BCUT2D eigenvalue weighted by atomic mass is 10.1. The summed E-state index contributed by atoms with van der Waals surface area (Å²) in [4.78, 5) is 11.2. The molecule has 0 aliphatic heterocycles. The topological polar surface area (TPSA) is 102 Å². The number of hydrogen-bond acceptors (Lipinski definition) is 6. The minimum atomic E-state index is -3.34. The number of rotatable bonds is 17. The Morgan fingerprint density at radius 2 is 1.87 bits per heavy atom. The summed E-state index contributed by atoms with van der Waals surface area (Å²) in [5.41, 5.74) is 0. The molecule has 0 aliphatic rings. The second-order valence-corrected chi connectivity index (χ2v) is 9.00. The van der Waals surface area contributed by atoms with Crippen LogP contribution in [0.1, 0.15) is 58.3 Å². The third kappa shape index (κ3) is 12.8. The molecule has 9 heteroatoms. The molecule has 0 amide bonds. The summed E-state index contributed by atoms with van der Waals surface area (Å²) >= 11 is 0. The molecule has 0 radical (unpaired) electrons. The Kier molecular flexibility index (Phi) is 13.3. The summed E-state index contributed by atoms with van der Waals surface area (Å²) in [6, 6.07) is 5.97. The maximum absolute atomic E-state index is 13.4. The lowest BCUT2D eigenvalue weighted by Gasteiger charge is -2.13. The lowest BCUT2D eigenvalue weighted by molar-refractivity contribution is -0.143. The van der Waals surface area contributed by atoms with Crippen molar-refractivity contribution in [1.82, 2.24) is 4.72 Å². The molecule has 0 spiro atoms. The molecule has 0 aliphatic carbocycles. The van der Waals surface area contributed by atoms with Crippen LogP contribution in [0.15, 0.2) is 24.3 Å². The molecule has 1 aromatic rings. The first kappa shape index (κ1) is 26.3. The van der Waals surface area contributed by atoms with Crippen LogP contribution in [0.5, 0.6) is 5.75 Å². The number of benzene rings is 1. The molecular weight excluding hydrogens is 413 g/mol. The molecule has 1 unspecified atom stereocenters. The molecule has 30 heavy (non-hydrogen) atoms. The number of unbranched alkanes of at least 4 members (excludes halogenated alkanes) is 4. The van der Waals surface area contributed by atoms with Crippen molar-refractivity contribution in [3.8, 4) is 5.75 Å². The van der Waals surface area contributed by atoms with Gasteiger partial charge in [-0.15, -0.1) is 0 Å². The van der Waals surface area contributed by atoms with E-state index in [4.69, 9.17) is 9.47 Å². The average molecular weight is 448 g/mol. The van der Waals surface area contributed by atoms with E-state index in [0.717, 1.165) is 19.3 Å². The SMILES string of the molecule is CCOC(=O)CCCCCCNS(=O)(=O)CCCCC(O)COc1ccccc1F. The number of aliphatic hydroxyl groups is 1. The van der Waals surface area contributed by atoms with Gasteiger partial charge in [0.1, 0.15) is 6.61 Å². The predicted octanol–water partition coefficient (Wildman–Crippen LogP) is 3.17. The van der Waals surface area contributed by atoms with E-state index in [1.165, 1.54) is 12.1 Å². The van der Waals surface area contributed by atoms with Gasteiger partial charge in [0, 0.05) is 13.0 Å². The Hall–Kier alpha value is -1.71. The highest BCUT2D eigenvalue weighted by atomic mass is 32.2. The van der Waals surface area contributed by atoms with Gasteiger partial charge < -0.3 is 14.6 Å². The minimum absolute atomic E-state index is 0.00323. The Balaban J connectivity index is 2.04. The van der Waals surface area contributed by atoms with Gasteiger partial charge in [-0.1, -0.05) is 25.0 Å². The molecule has 0 heterocycles. The van der Waals surface area contributed by atoms with Gasteiger partial charge in [0.05, 0.1) is 18.5 Å². The maximum atomic E-state index is 13.4. The van der Waals surface area contributed by atoms with Crippen LogP contribution in [0.25, 0.3) is 0 Å². The van der Waals surface area contributed by atoms with Gasteiger partial charge in [-0.3, -0.25) is 4.79 Å². The smallest absolute Gasteiger partial charge is 0.305 e. The number of sulfonamides is 1. The Bertz CT molecular complexity index is 713. The van der Waals surface area contributed by atoms with E-state index in [2.05, 4.69) is 4.72 Å². The predicted molar refractivity (Wildman–Crippen MR) is 113 cm³/mol. The van der Waals surface area contributed by atoms with Crippen LogP contribution in [-0.2, 0) is 19.6 Å². The fourth-order valence-corrected chi connectivity index (χ4v) is 3.97. The molecule has 1 atom stereocenters. The molecule has 0 aromatic heterocycles. The molecule has 0 fully saturated rings. The summed E-state index contributed by atoms with van der Waals surface area (Å²) in [5, 5.41) is 9.90. The van der Waals surface area contributed by atoms with Crippen molar-refractivity contribution >= 4 is 16.0 Å². The van der Waals surface area contributed by atoms with Crippen molar-refractivity contribution in [2.24, 2.45) is 0 Å². The van der Waals surface area contributed by atoms with Gasteiger partial charge in [-0.05, 0) is 51.2 Å². The Morgan fingerprint density at radius 1 is 1.13 bits per heavy atom. The van der Waals surface area contributed by atoms with Crippen LogP contribution in [0.4, 0.5) is 4.39 Å². The van der Waals surface area contributed by atoms with Crippen molar-refractivity contribution in [2.45, 2.75) is 64.4 Å². The van der Waals surface area contributed by atoms with Gasteiger partial charge >= 0.3 is 5.97 Å². The number of hydrogen-bond donors (Lipinski definition) is 2. The second-order valence-electron chi connectivity index (χ2n) is 7.07. The van der Waals surface area contributed by atoms with E-state index in [0.29, 0.717) is 45.3 Å². The van der Waals surface area contributed by atoms with E-state index in [1.807, 2.05) is 0 Å². The first-order valence-corrected chi connectivity index (χ1v) is 12.2. The van der Waals surface area contributed by atoms with E-state index < -0.39 is 21.9 Å². The molecule has 1 rings (SSSR count). The third-order valence-electron chi connectivity index (χ3n) is 4.40. The normalized spacial score (nSPS) is 12.5. The summed E-state index contributed by atoms with van der Waals surface area (Å²) in [6.07, 6.45) is 4.10. The van der Waals surface area contributed by atoms with Crippen LogP contribution >= 0.6 is 0 Å². The number of halogens is 1. The molecule has 1 aromatic carbocycles. The highest BCUT2D eigenvalue weighted by Crippen LogP contribution is 2.16. The summed E-state index contributed by atoms with van der Waals surface area (Å²) in [6.45, 7) is 2.50. The summed E-state index contributed by atoms with van der Waals surface area (Å²) < 4.78 is 50.0. The first-order chi connectivity index (χ1) is 14.3. The zero-order valence-corrected chi connectivity index (χ0v) is 18.5. The molecule has 7 nitrogen and oxygen atoms in total. The number of esters is 1. The van der Waals surface area contributed by atoms with Crippen LogP contribution < -0.4 is 9.46 Å². The van der Waals surface area contributed by atoms with Crippen LogP contribution in [-0.4, -0.2) is 51.1 Å².